The van der Waals surface area contributed by atoms with Crippen LogP contribution in [0.4, 0.5) is 0 Å². The molecular weight excluding hydrogens is 144 g/mol. The van der Waals surface area contributed by atoms with Crippen LogP contribution in [0.2, 0.25) is 0 Å². The van der Waals surface area contributed by atoms with Crippen molar-refractivity contribution in [1.82, 2.24) is 0 Å². The van der Waals surface area contributed by atoms with E-state index in [2.05, 4.69) is 25.3 Å². The van der Waals surface area contributed by atoms with Crippen molar-refractivity contribution in [3.05, 3.63) is 59.8 Å². The molecule has 0 nitrogen and oxygen atoms in total. The molecule has 0 N–H and O–H groups in total. The smallest absolute Gasteiger partial charge is 0.0119 e. The van der Waals surface area contributed by atoms with Crippen molar-refractivity contribution in [1.29, 1.82) is 0 Å². The predicted molar refractivity (Wildman–Crippen MR) is 52.8 cm³/mol. The summed E-state index contributed by atoms with van der Waals surface area (Å²) in [6.07, 6.45) is 10.5. The molecule has 60 valence electrons. The van der Waals surface area contributed by atoms with E-state index in [0.29, 0.717) is 0 Å². The Morgan fingerprint density at radius 3 is 2.75 bits per heavy atom. The number of allylic oxidation sites excluding steroid dienone is 8. The summed E-state index contributed by atoms with van der Waals surface area (Å²) in [6.45, 7) is 7.51. The van der Waals surface area contributed by atoms with E-state index in [-0.39, 0.29) is 0 Å². The summed E-state index contributed by atoms with van der Waals surface area (Å²) < 4.78 is 0. The zero-order chi connectivity index (χ0) is 8.55. The van der Waals surface area contributed by atoms with Gasteiger partial charge in [-0.25, -0.2) is 0 Å². The maximum atomic E-state index is 3.82. The molecule has 0 fully saturated rings. The maximum absolute atomic E-state index is 3.82. The Labute approximate surface area is 73.3 Å². The first-order chi connectivity index (χ1) is 5.86. The normalized spacial score (nSPS) is 23.3. The third-order valence-corrected chi connectivity index (χ3v) is 2.47. The summed E-state index contributed by atoms with van der Waals surface area (Å²) in [6, 6.07) is 0. The molecule has 2 aliphatic carbocycles. The Kier molecular flexibility index (Phi) is 1.61. The molecule has 0 aromatic rings. The highest BCUT2D eigenvalue weighted by atomic mass is 14.3. The van der Waals surface area contributed by atoms with E-state index < -0.39 is 0 Å². The SMILES string of the molecule is C=C/C=C1\C=C2CCC(C=C)=C21. The number of fused-ring (bicyclic) bond motifs is 1. The highest BCUT2D eigenvalue weighted by Gasteiger charge is 2.26. The minimum atomic E-state index is 1.17. The molecule has 0 heteroatoms. The lowest BCUT2D eigenvalue weighted by Gasteiger charge is -2.18. The van der Waals surface area contributed by atoms with Gasteiger partial charge < -0.3 is 0 Å². The Morgan fingerprint density at radius 1 is 1.25 bits per heavy atom. The molecule has 0 amide bonds. The van der Waals surface area contributed by atoms with Crippen LogP contribution >= 0.6 is 0 Å². The van der Waals surface area contributed by atoms with Crippen LogP contribution in [0.5, 0.6) is 0 Å². The van der Waals surface area contributed by atoms with Crippen LogP contribution in [0.1, 0.15) is 12.8 Å². The van der Waals surface area contributed by atoms with Crippen molar-refractivity contribution in [2.75, 3.05) is 0 Å². The first-order valence-electron chi connectivity index (χ1n) is 4.26. The van der Waals surface area contributed by atoms with Gasteiger partial charge in [0, 0.05) is 0 Å². The van der Waals surface area contributed by atoms with Gasteiger partial charge in [0.15, 0.2) is 0 Å². The molecule has 0 saturated carbocycles. The molecule has 12 heavy (non-hydrogen) atoms. The molecule has 0 unspecified atom stereocenters. The fourth-order valence-corrected chi connectivity index (χ4v) is 1.89. The minimum absolute atomic E-state index is 1.17. The van der Waals surface area contributed by atoms with Gasteiger partial charge in [0.25, 0.3) is 0 Å². The van der Waals surface area contributed by atoms with Crippen molar-refractivity contribution >= 4 is 0 Å². The van der Waals surface area contributed by atoms with E-state index in [1.165, 1.54) is 35.1 Å². The van der Waals surface area contributed by atoms with Crippen LogP contribution in [0.3, 0.4) is 0 Å². The summed E-state index contributed by atoms with van der Waals surface area (Å²) in [5, 5.41) is 0. The third kappa shape index (κ3) is 0.845. The second-order valence-electron chi connectivity index (χ2n) is 3.13. The minimum Gasteiger partial charge on any atom is -0.0990 e. The van der Waals surface area contributed by atoms with Crippen LogP contribution in [0.15, 0.2) is 59.8 Å². The van der Waals surface area contributed by atoms with Gasteiger partial charge in [-0.2, -0.15) is 0 Å². The van der Waals surface area contributed by atoms with E-state index in [1.807, 2.05) is 12.2 Å². The average Bonchev–Trinajstić information content (AvgIpc) is 2.38. The van der Waals surface area contributed by atoms with Gasteiger partial charge in [-0.1, -0.05) is 37.5 Å². The summed E-state index contributed by atoms with van der Waals surface area (Å²) in [4.78, 5) is 0. The largest absolute Gasteiger partial charge is 0.0990 e. The second kappa shape index (κ2) is 2.63. The van der Waals surface area contributed by atoms with Crippen molar-refractivity contribution in [3.63, 3.8) is 0 Å². The fourth-order valence-electron chi connectivity index (χ4n) is 1.89. The summed E-state index contributed by atoms with van der Waals surface area (Å²) in [7, 11) is 0. The van der Waals surface area contributed by atoms with Gasteiger partial charge >= 0.3 is 0 Å². The van der Waals surface area contributed by atoms with Crippen LogP contribution in [0.25, 0.3) is 0 Å². The maximum Gasteiger partial charge on any atom is -0.0119 e. The Hall–Kier alpha value is -1.30. The molecule has 0 saturated heterocycles. The Bertz CT molecular complexity index is 335. The lowest BCUT2D eigenvalue weighted by Crippen LogP contribution is -1.99. The van der Waals surface area contributed by atoms with Crippen molar-refractivity contribution in [2.24, 2.45) is 0 Å². The number of hydrogen-bond acceptors (Lipinski definition) is 0. The molecule has 0 spiro atoms. The molecule has 2 aliphatic rings. The topological polar surface area (TPSA) is 0 Å². The van der Waals surface area contributed by atoms with Gasteiger partial charge in [-0.3, -0.25) is 0 Å². The van der Waals surface area contributed by atoms with Gasteiger partial charge in [-0.15, -0.1) is 0 Å². The first kappa shape index (κ1) is 7.35. The van der Waals surface area contributed by atoms with E-state index in [1.54, 1.807) is 0 Å². The van der Waals surface area contributed by atoms with Crippen LogP contribution in [-0.2, 0) is 0 Å². The van der Waals surface area contributed by atoms with Crippen LogP contribution in [0, 0.1) is 0 Å². The lowest BCUT2D eigenvalue weighted by atomic mass is 9.86. The summed E-state index contributed by atoms with van der Waals surface area (Å²) in [5.41, 5.74) is 5.66. The van der Waals surface area contributed by atoms with Crippen LogP contribution < -0.4 is 0 Å². The average molecular weight is 156 g/mol. The van der Waals surface area contributed by atoms with Gasteiger partial charge in [-0.05, 0) is 35.1 Å². The zero-order valence-corrected chi connectivity index (χ0v) is 7.14. The van der Waals surface area contributed by atoms with E-state index in [0.717, 1.165) is 0 Å². The molecule has 0 aromatic heterocycles. The number of rotatable bonds is 2. The fraction of sp³-hybridized carbons (Fsp3) is 0.167. The molecular formula is C12H12. The Morgan fingerprint density at radius 2 is 2.08 bits per heavy atom. The molecule has 0 bridgehead atoms. The Balaban J connectivity index is 2.45. The second-order valence-corrected chi connectivity index (χ2v) is 3.13. The standard InChI is InChI=1S/C12H12/c1-3-5-10-8-11-7-6-9(4-2)12(10)11/h3-5,8H,1-2,6-7H2/b10-5+. The lowest BCUT2D eigenvalue weighted by molar-refractivity contribution is 1.02. The molecule has 0 radical (unpaired) electrons. The highest BCUT2D eigenvalue weighted by molar-refractivity contribution is 5.70. The zero-order valence-electron chi connectivity index (χ0n) is 7.14. The quantitative estimate of drug-likeness (QED) is 0.575. The summed E-state index contributed by atoms with van der Waals surface area (Å²) in [5.74, 6) is 0. The van der Waals surface area contributed by atoms with Crippen molar-refractivity contribution < 1.29 is 0 Å². The molecule has 2 rings (SSSR count). The molecule has 0 aromatic carbocycles. The summed E-state index contributed by atoms with van der Waals surface area (Å²) >= 11 is 0. The van der Waals surface area contributed by atoms with E-state index in [4.69, 9.17) is 0 Å². The molecule has 0 atom stereocenters. The highest BCUT2D eigenvalue weighted by Crippen LogP contribution is 2.44. The molecule has 0 aliphatic heterocycles. The molecule has 0 heterocycles. The van der Waals surface area contributed by atoms with Crippen LogP contribution in [-0.4, -0.2) is 0 Å². The van der Waals surface area contributed by atoms with Gasteiger partial charge in [0.2, 0.25) is 0 Å². The third-order valence-electron chi connectivity index (χ3n) is 2.47. The van der Waals surface area contributed by atoms with E-state index >= 15 is 0 Å². The van der Waals surface area contributed by atoms with Crippen molar-refractivity contribution in [2.45, 2.75) is 12.8 Å². The monoisotopic (exact) mass is 156 g/mol. The predicted octanol–water partition coefficient (Wildman–Crippen LogP) is 3.32. The first-order valence-corrected chi connectivity index (χ1v) is 4.26. The number of hydrogen-bond donors (Lipinski definition) is 0. The van der Waals surface area contributed by atoms with E-state index in [9.17, 15) is 0 Å². The van der Waals surface area contributed by atoms with Gasteiger partial charge in [0.05, 0.1) is 0 Å². The van der Waals surface area contributed by atoms with Gasteiger partial charge in [0.1, 0.15) is 0 Å². The van der Waals surface area contributed by atoms with Crippen molar-refractivity contribution in [3.8, 4) is 0 Å².